The van der Waals surface area contributed by atoms with Gasteiger partial charge in [-0.15, -0.1) is 11.3 Å². The molecule has 2 rings (SSSR count). The van der Waals surface area contributed by atoms with Crippen molar-refractivity contribution in [2.24, 2.45) is 5.73 Å². The van der Waals surface area contributed by atoms with Gasteiger partial charge in [-0.25, -0.2) is 0 Å². The van der Waals surface area contributed by atoms with Crippen molar-refractivity contribution in [1.29, 1.82) is 0 Å². The number of Topliss-reactive ketones (excluding diaryl/α,β-unsaturated/α-hetero) is 1. The first-order valence-electron chi connectivity index (χ1n) is 5.72. The third-order valence-electron chi connectivity index (χ3n) is 2.73. The second-order valence-electron chi connectivity index (χ2n) is 4.07. The molecule has 94 valence electrons. The van der Waals surface area contributed by atoms with Crippen molar-refractivity contribution >= 4 is 28.7 Å². The zero-order chi connectivity index (χ0) is 13.0. The maximum atomic E-state index is 12.0. The summed E-state index contributed by atoms with van der Waals surface area (Å²) >= 11 is 7.30. The van der Waals surface area contributed by atoms with Gasteiger partial charge in [0.1, 0.15) is 5.78 Å². The molecule has 0 aliphatic carbocycles. The SMILES string of the molecule is NCc1ccccc1CC(=O)Cc1ccc(Cl)s1. The molecule has 2 N–H and O–H groups in total. The Labute approximate surface area is 115 Å². The van der Waals surface area contributed by atoms with Gasteiger partial charge < -0.3 is 5.73 Å². The van der Waals surface area contributed by atoms with Crippen LogP contribution in [0.25, 0.3) is 0 Å². The minimum atomic E-state index is 0.189. The molecule has 1 aromatic heterocycles. The summed E-state index contributed by atoms with van der Waals surface area (Å²) in [6.07, 6.45) is 0.874. The van der Waals surface area contributed by atoms with Gasteiger partial charge in [0.15, 0.2) is 0 Å². The summed E-state index contributed by atoms with van der Waals surface area (Å²) in [5.74, 6) is 0.189. The van der Waals surface area contributed by atoms with Crippen LogP contribution >= 0.6 is 22.9 Å². The van der Waals surface area contributed by atoms with Gasteiger partial charge in [-0.3, -0.25) is 4.79 Å². The Morgan fingerprint density at radius 2 is 1.83 bits per heavy atom. The van der Waals surface area contributed by atoms with E-state index in [4.69, 9.17) is 17.3 Å². The predicted molar refractivity (Wildman–Crippen MR) is 76.1 cm³/mol. The zero-order valence-corrected chi connectivity index (χ0v) is 11.4. The number of thiophene rings is 1. The molecule has 0 aliphatic rings. The van der Waals surface area contributed by atoms with Crippen molar-refractivity contribution in [1.82, 2.24) is 0 Å². The van der Waals surface area contributed by atoms with Crippen LogP contribution in [0, 0.1) is 0 Å². The normalized spacial score (nSPS) is 10.6. The first-order valence-corrected chi connectivity index (χ1v) is 6.91. The first kappa shape index (κ1) is 13.3. The van der Waals surface area contributed by atoms with Gasteiger partial charge in [-0.1, -0.05) is 35.9 Å². The molecule has 18 heavy (non-hydrogen) atoms. The van der Waals surface area contributed by atoms with E-state index in [0.29, 0.717) is 19.4 Å². The second-order valence-corrected chi connectivity index (χ2v) is 5.87. The molecule has 0 aliphatic heterocycles. The highest BCUT2D eigenvalue weighted by atomic mass is 35.5. The molecule has 0 saturated carbocycles. The van der Waals surface area contributed by atoms with E-state index in [1.165, 1.54) is 11.3 Å². The number of hydrogen-bond acceptors (Lipinski definition) is 3. The minimum absolute atomic E-state index is 0.189. The fraction of sp³-hybridized carbons (Fsp3) is 0.214. The Kier molecular flexibility index (Phi) is 4.53. The lowest BCUT2D eigenvalue weighted by atomic mass is 10.0. The highest BCUT2D eigenvalue weighted by Crippen LogP contribution is 2.22. The molecular weight excluding hydrogens is 266 g/mol. The smallest absolute Gasteiger partial charge is 0.142 e. The quantitative estimate of drug-likeness (QED) is 0.913. The van der Waals surface area contributed by atoms with Gasteiger partial charge in [-0.05, 0) is 23.3 Å². The maximum absolute atomic E-state index is 12.0. The molecule has 0 bridgehead atoms. The Balaban J connectivity index is 2.03. The van der Waals surface area contributed by atoms with Gasteiger partial charge >= 0.3 is 0 Å². The van der Waals surface area contributed by atoms with Gasteiger partial charge in [0.25, 0.3) is 0 Å². The fourth-order valence-electron chi connectivity index (χ4n) is 1.85. The van der Waals surface area contributed by atoms with E-state index in [2.05, 4.69) is 0 Å². The van der Waals surface area contributed by atoms with E-state index in [9.17, 15) is 4.79 Å². The average molecular weight is 280 g/mol. The molecule has 1 heterocycles. The summed E-state index contributed by atoms with van der Waals surface area (Å²) in [7, 11) is 0. The third-order valence-corrected chi connectivity index (χ3v) is 3.96. The summed E-state index contributed by atoms with van der Waals surface area (Å²) in [6.45, 7) is 0.467. The summed E-state index contributed by atoms with van der Waals surface area (Å²) in [5, 5.41) is 0. The third kappa shape index (κ3) is 3.42. The molecule has 1 aromatic carbocycles. The summed E-state index contributed by atoms with van der Waals surface area (Å²) < 4.78 is 0.722. The number of halogens is 1. The van der Waals surface area contributed by atoms with Gasteiger partial charge in [0.2, 0.25) is 0 Å². The molecule has 0 spiro atoms. The average Bonchev–Trinajstić information content (AvgIpc) is 2.75. The molecule has 0 atom stereocenters. The van der Waals surface area contributed by atoms with Crippen LogP contribution in [0.4, 0.5) is 0 Å². The molecule has 0 fully saturated rings. The molecule has 2 nitrogen and oxygen atoms in total. The van der Waals surface area contributed by atoms with Gasteiger partial charge in [0, 0.05) is 24.3 Å². The van der Waals surface area contributed by atoms with Crippen LogP contribution < -0.4 is 5.73 Å². The van der Waals surface area contributed by atoms with Crippen LogP contribution in [0.1, 0.15) is 16.0 Å². The predicted octanol–water partition coefficient (Wildman–Crippen LogP) is 3.21. The van der Waals surface area contributed by atoms with Gasteiger partial charge in [-0.2, -0.15) is 0 Å². The summed E-state index contributed by atoms with van der Waals surface area (Å²) in [5.41, 5.74) is 7.71. The molecule has 0 radical (unpaired) electrons. The van der Waals surface area contributed by atoms with Crippen molar-refractivity contribution in [3.05, 3.63) is 56.7 Å². The highest BCUT2D eigenvalue weighted by molar-refractivity contribution is 7.16. The van der Waals surface area contributed by atoms with Crippen molar-refractivity contribution in [3.8, 4) is 0 Å². The Hall–Kier alpha value is -1.16. The number of nitrogens with two attached hydrogens (primary N) is 1. The Morgan fingerprint density at radius 1 is 1.11 bits per heavy atom. The summed E-state index contributed by atoms with van der Waals surface area (Å²) in [4.78, 5) is 13.0. The molecule has 4 heteroatoms. The van der Waals surface area contributed by atoms with Crippen molar-refractivity contribution in [3.63, 3.8) is 0 Å². The van der Waals surface area contributed by atoms with E-state index in [-0.39, 0.29) is 5.78 Å². The lowest BCUT2D eigenvalue weighted by Crippen LogP contribution is -2.09. The number of ketones is 1. The zero-order valence-electron chi connectivity index (χ0n) is 9.86. The van der Waals surface area contributed by atoms with E-state index < -0.39 is 0 Å². The van der Waals surface area contributed by atoms with E-state index >= 15 is 0 Å². The number of rotatable bonds is 5. The summed E-state index contributed by atoms with van der Waals surface area (Å²) in [6, 6.07) is 11.5. The fourth-order valence-corrected chi connectivity index (χ4v) is 2.96. The van der Waals surface area contributed by atoms with Crippen LogP contribution in [0.5, 0.6) is 0 Å². The van der Waals surface area contributed by atoms with Gasteiger partial charge in [0.05, 0.1) is 4.34 Å². The molecule has 0 saturated heterocycles. The van der Waals surface area contributed by atoms with E-state index in [1.807, 2.05) is 36.4 Å². The van der Waals surface area contributed by atoms with Crippen LogP contribution in [0.3, 0.4) is 0 Å². The number of carbonyl (C=O) groups is 1. The van der Waals surface area contributed by atoms with Crippen LogP contribution in [-0.2, 0) is 24.2 Å². The minimum Gasteiger partial charge on any atom is -0.326 e. The lowest BCUT2D eigenvalue weighted by molar-refractivity contribution is -0.117. The van der Waals surface area contributed by atoms with Crippen LogP contribution in [-0.4, -0.2) is 5.78 Å². The highest BCUT2D eigenvalue weighted by Gasteiger charge is 2.09. The topological polar surface area (TPSA) is 43.1 Å². The number of benzene rings is 1. The standard InChI is InChI=1S/C14H14ClNOS/c15-14-6-5-13(18-14)8-12(17)7-10-3-1-2-4-11(10)9-16/h1-6H,7-9,16H2. The Bertz CT molecular complexity index is 550. The maximum Gasteiger partial charge on any atom is 0.142 e. The first-order chi connectivity index (χ1) is 8.69. The van der Waals surface area contributed by atoms with Crippen LogP contribution in [0.2, 0.25) is 4.34 Å². The van der Waals surface area contributed by atoms with Crippen molar-refractivity contribution in [2.45, 2.75) is 19.4 Å². The number of carbonyl (C=O) groups excluding carboxylic acids is 1. The monoisotopic (exact) mass is 279 g/mol. The number of hydrogen-bond donors (Lipinski definition) is 1. The van der Waals surface area contributed by atoms with E-state index in [1.54, 1.807) is 0 Å². The van der Waals surface area contributed by atoms with E-state index in [0.717, 1.165) is 20.3 Å². The largest absolute Gasteiger partial charge is 0.326 e. The van der Waals surface area contributed by atoms with Crippen molar-refractivity contribution < 1.29 is 4.79 Å². The Morgan fingerprint density at radius 3 is 2.44 bits per heavy atom. The second kappa shape index (κ2) is 6.14. The lowest BCUT2D eigenvalue weighted by Gasteiger charge is -2.06. The molecular formula is C14H14ClNOS. The van der Waals surface area contributed by atoms with Crippen molar-refractivity contribution in [2.75, 3.05) is 0 Å². The molecule has 0 unspecified atom stereocenters. The van der Waals surface area contributed by atoms with Crippen LogP contribution in [0.15, 0.2) is 36.4 Å². The molecule has 0 amide bonds. The molecule has 2 aromatic rings.